The molecule has 4 rings (SSSR count). The number of fused-ring (bicyclic) bond motifs is 1. The Morgan fingerprint density at radius 3 is 2.39 bits per heavy atom. The number of anilines is 1. The summed E-state index contributed by atoms with van der Waals surface area (Å²) >= 11 is 1.64. The van der Waals surface area contributed by atoms with Crippen molar-refractivity contribution in [2.75, 3.05) is 5.32 Å². The van der Waals surface area contributed by atoms with Crippen molar-refractivity contribution in [3.63, 3.8) is 0 Å². The summed E-state index contributed by atoms with van der Waals surface area (Å²) in [6, 6.07) is 15.4. The number of carbonyl (C=O) groups excluding carboxylic acids is 1. The van der Waals surface area contributed by atoms with Gasteiger partial charge in [0.1, 0.15) is 5.01 Å². The maximum absolute atomic E-state index is 12.2. The number of hydrogen-bond acceptors (Lipinski definition) is 4. The van der Waals surface area contributed by atoms with E-state index in [0.717, 1.165) is 20.8 Å². The topological polar surface area (TPSA) is 91.3 Å². The second-order valence-electron chi connectivity index (χ2n) is 7.05. The Labute approximate surface area is 166 Å². The van der Waals surface area contributed by atoms with Crippen LogP contribution in [-0.2, 0) is 4.79 Å². The summed E-state index contributed by atoms with van der Waals surface area (Å²) in [6.07, 6.45) is 2.61. The predicted molar refractivity (Wildman–Crippen MR) is 111 cm³/mol. The van der Waals surface area contributed by atoms with Gasteiger partial charge in [0.2, 0.25) is 0 Å². The van der Waals surface area contributed by atoms with Crippen LogP contribution in [0, 0.1) is 5.92 Å². The Bertz CT molecular complexity index is 959. The molecule has 2 amide bonds. The summed E-state index contributed by atoms with van der Waals surface area (Å²) in [5.41, 5.74) is 2.71. The fourth-order valence-electron chi connectivity index (χ4n) is 3.53. The smallest absolute Gasteiger partial charge is 0.319 e. The molecule has 1 aromatic heterocycles. The van der Waals surface area contributed by atoms with Gasteiger partial charge in [-0.2, -0.15) is 0 Å². The van der Waals surface area contributed by atoms with Gasteiger partial charge in [-0.25, -0.2) is 9.78 Å². The Balaban J connectivity index is 1.34. The van der Waals surface area contributed by atoms with E-state index in [1.165, 1.54) is 0 Å². The minimum atomic E-state index is -0.740. The van der Waals surface area contributed by atoms with Crippen molar-refractivity contribution in [3.8, 4) is 10.6 Å². The number of benzene rings is 2. The first kappa shape index (κ1) is 18.4. The molecule has 144 valence electrons. The van der Waals surface area contributed by atoms with Gasteiger partial charge in [-0.3, -0.25) is 4.79 Å². The molecule has 0 radical (unpaired) electrons. The van der Waals surface area contributed by atoms with Crippen molar-refractivity contribution in [2.24, 2.45) is 5.92 Å². The summed E-state index contributed by atoms with van der Waals surface area (Å²) in [5, 5.41) is 15.8. The average molecular weight is 395 g/mol. The van der Waals surface area contributed by atoms with E-state index in [1.54, 1.807) is 11.3 Å². The van der Waals surface area contributed by atoms with E-state index in [2.05, 4.69) is 21.7 Å². The van der Waals surface area contributed by atoms with Crippen molar-refractivity contribution in [1.29, 1.82) is 0 Å². The van der Waals surface area contributed by atoms with E-state index in [0.29, 0.717) is 31.4 Å². The van der Waals surface area contributed by atoms with E-state index in [4.69, 9.17) is 5.11 Å². The van der Waals surface area contributed by atoms with E-state index in [-0.39, 0.29) is 18.0 Å². The average Bonchev–Trinajstić information content (AvgIpc) is 3.13. The second kappa shape index (κ2) is 7.98. The molecule has 1 aliphatic rings. The van der Waals surface area contributed by atoms with E-state index >= 15 is 0 Å². The molecule has 1 fully saturated rings. The number of para-hydroxylation sites is 1. The molecule has 6 nitrogen and oxygen atoms in total. The van der Waals surface area contributed by atoms with E-state index < -0.39 is 5.97 Å². The zero-order valence-corrected chi connectivity index (χ0v) is 16.0. The summed E-state index contributed by atoms with van der Waals surface area (Å²) < 4.78 is 1.15. The number of aromatic nitrogens is 1. The zero-order chi connectivity index (χ0) is 19.5. The first-order chi connectivity index (χ1) is 13.6. The Morgan fingerprint density at radius 2 is 1.71 bits per heavy atom. The lowest BCUT2D eigenvalue weighted by molar-refractivity contribution is -0.142. The van der Waals surface area contributed by atoms with Gasteiger partial charge in [0.15, 0.2) is 0 Å². The highest BCUT2D eigenvalue weighted by atomic mass is 32.1. The molecule has 0 saturated heterocycles. The lowest BCUT2D eigenvalue weighted by atomic mass is 9.86. The lowest BCUT2D eigenvalue weighted by Crippen LogP contribution is -2.40. The zero-order valence-electron chi connectivity index (χ0n) is 15.2. The van der Waals surface area contributed by atoms with Crippen LogP contribution in [0.2, 0.25) is 0 Å². The summed E-state index contributed by atoms with van der Waals surface area (Å²) in [5.74, 6) is -1.02. The number of carbonyl (C=O) groups is 2. The predicted octanol–water partition coefficient (Wildman–Crippen LogP) is 4.73. The Hall–Kier alpha value is -2.93. The van der Waals surface area contributed by atoms with Crippen molar-refractivity contribution >= 4 is 39.2 Å². The minimum absolute atomic E-state index is 0.0256. The number of hydrogen-bond donors (Lipinski definition) is 3. The first-order valence-electron chi connectivity index (χ1n) is 9.35. The number of nitrogens with zero attached hydrogens (tertiary/aromatic N) is 1. The van der Waals surface area contributed by atoms with Gasteiger partial charge in [-0.15, -0.1) is 11.3 Å². The van der Waals surface area contributed by atoms with Crippen molar-refractivity contribution < 1.29 is 14.7 Å². The molecule has 1 saturated carbocycles. The lowest BCUT2D eigenvalue weighted by Gasteiger charge is -2.26. The number of aliphatic carboxylic acids is 1. The standard InChI is InChI=1S/C21H21N3O3S/c25-20(26)14-7-11-16(12-8-14)23-21(27)22-15-9-5-13(6-10-15)19-24-17-3-1-2-4-18(17)28-19/h1-6,9-10,14,16H,7-8,11-12H2,(H,25,26)(H2,22,23,27). The fourth-order valence-corrected chi connectivity index (χ4v) is 4.50. The fraction of sp³-hybridized carbons (Fsp3) is 0.286. The number of carboxylic acids is 1. The number of urea groups is 1. The van der Waals surface area contributed by atoms with Crippen LogP contribution < -0.4 is 10.6 Å². The molecular formula is C21H21N3O3S. The summed E-state index contributed by atoms with van der Waals surface area (Å²) in [6.45, 7) is 0. The van der Waals surface area contributed by atoms with Gasteiger partial charge in [-0.05, 0) is 62.1 Å². The molecule has 0 atom stereocenters. The molecule has 7 heteroatoms. The highest BCUT2D eigenvalue weighted by Gasteiger charge is 2.26. The molecule has 2 aromatic carbocycles. The quantitative estimate of drug-likeness (QED) is 0.596. The van der Waals surface area contributed by atoms with Crippen LogP contribution in [0.4, 0.5) is 10.5 Å². The van der Waals surface area contributed by atoms with Crippen LogP contribution in [0.25, 0.3) is 20.8 Å². The van der Waals surface area contributed by atoms with Gasteiger partial charge in [0.25, 0.3) is 0 Å². The minimum Gasteiger partial charge on any atom is -0.481 e. The number of nitrogens with one attached hydrogen (secondary N) is 2. The van der Waals surface area contributed by atoms with E-state index in [1.807, 2.05) is 42.5 Å². The van der Waals surface area contributed by atoms with Crippen molar-refractivity contribution in [1.82, 2.24) is 10.3 Å². The maximum Gasteiger partial charge on any atom is 0.319 e. The molecule has 0 unspecified atom stereocenters. The highest BCUT2D eigenvalue weighted by Crippen LogP contribution is 2.30. The molecule has 3 aromatic rings. The third kappa shape index (κ3) is 4.14. The van der Waals surface area contributed by atoms with Gasteiger partial charge >= 0.3 is 12.0 Å². The third-order valence-electron chi connectivity index (χ3n) is 5.10. The first-order valence-corrected chi connectivity index (χ1v) is 10.2. The van der Waals surface area contributed by atoms with Gasteiger partial charge in [0, 0.05) is 17.3 Å². The summed E-state index contributed by atoms with van der Waals surface area (Å²) in [4.78, 5) is 27.9. The van der Waals surface area contributed by atoms with Crippen molar-refractivity contribution in [2.45, 2.75) is 31.7 Å². The molecular weight excluding hydrogens is 374 g/mol. The largest absolute Gasteiger partial charge is 0.481 e. The normalized spacial score (nSPS) is 19.3. The SMILES string of the molecule is O=C(Nc1ccc(-c2nc3ccccc3s2)cc1)NC1CCC(C(=O)O)CC1. The van der Waals surface area contributed by atoms with Gasteiger partial charge in [0.05, 0.1) is 16.1 Å². The summed E-state index contributed by atoms with van der Waals surface area (Å²) in [7, 11) is 0. The molecule has 1 heterocycles. The molecule has 0 spiro atoms. The maximum atomic E-state index is 12.2. The molecule has 3 N–H and O–H groups in total. The number of rotatable bonds is 4. The van der Waals surface area contributed by atoms with Crippen LogP contribution in [0.5, 0.6) is 0 Å². The molecule has 0 bridgehead atoms. The van der Waals surface area contributed by atoms with Crippen LogP contribution >= 0.6 is 11.3 Å². The van der Waals surface area contributed by atoms with Crippen LogP contribution in [0.1, 0.15) is 25.7 Å². The van der Waals surface area contributed by atoms with Crippen LogP contribution in [0.3, 0.4) is 0 Å². The number of thiazole rings is 1. The van der Waals surface area contributed by atoms with Crippen molar-refractivity contribution in [3.05, 3.63) is 48.5 Å². The monoisotopic (exact) mass is 395 g/mol. The van der Waals surface area contributed by atoms with Gasteiger partial charge in [-0.1, -0.05) is 12.1 Å². The number of carboxylic acid groups (broad SMARTS) is 1. The third-order valence-corrected chi connectivity index (χ3v) is 6.18. The molecule has 28 heavy (non-hydrogen) atoms. The van der Waals surface area contributed by atoms with Gasteiger partial charge < -0.3 is 15.7 Å². The molecule has 1 aliphatic carbocycles. The Kier molecular flexibility index (Phi) is 5.25. The Morgan fingerprint density at radius 1 is 1.00 bits per heavy atom. The molecule has 0 aliphatic heterocycles. The van der Waals surface area contributed by atoms with Crippen LogP contribution in [0.15, 0.2) is 48.5 Å². The van der Waals surface area contributed by atoms with E-state index in [9.17, 15) is 9.59 Å². The second-order valence-corrected chi connectivity index (χ2v) is 8.08. The number of amides is 2. The van der Waals surface area contributed by atoms with Crippen LogP contribution in [-0.4, -0.2) is 28.1 Å². The highest BCUT2D eigenvalue weighted by molar-refractivity contribution is 7.21.